The second kappa shape index (κ2) is 7.54. The molecule has 0 saturated carbocycles. The van der Waals surface area contributed by atoms with Crippen molar-refractivity contribution in [2.45, 2.75) is 25.5 Å². The molecule has 4 N–H and O–H groups in total. The van der Waals surface area contributed by atoms with Gasteiger partial charge in [-0.05, 0) is 61.8 Å². The van der Waals surface area contributed by atoms with Crippen molar-refractivity contribution in [2.75, 3.05) is 13.6 Å². The van der Waals surface area contributed by atoms with Crippen molar-refractivity contribution in [3.05, 3.63) is 52.7 Å². The summed E-state index contributed by atoms with van der Waals surface area (Å²) in [6.07, 6.45) is 1.46. The number of carbonyl (C=O) groups is 1. The number of aliphatic hydroxyl groups is 1. The SMILES string of the molecule is CN1CCC(C(N)=O)CC1c1[nH]nc2ccc(-c3cc(CO)ccc3Cl)cc12. The maximum Gasteiger partial charge on any atom is 0.220 e. The minimum absolute atomic E-state index is 0.0370. The van der Waals surface area contributed by atoms with Gasteiger partial charge in [0.15, 0.2) is 0 Å². The van der Waals surface area contributed by atoms with Gasteiger partial charge in [-0.2, -0.15) is 5.10 Å². The molecule has 1 aromatic heterocycles. The average Bonchev–Trinajstić information content (AvgIpc) is 3.11. The third-order valence-corrected chi connectivity index (χ3v) is 6.04. The van der Waals surface area contributed by atoms with Crippen molar-refractivity contribution in [2.24, 2.45) is 11.7 Å². The smallest absolute Gasteiger partial charge is 0.220 e. The van der Waals surface area contributed by atoms with Crippen LogP contribution in [0.2, 0.25) is 5.02 Å². The number of benzene rings is 2. The van der Waals surface area contributed by atoms with Crippen LogP contribution in [0.1, 0.15) is 30.1 Å². The van der Waals surface area contributed by atoms with Crippen molar-refractivity contribution >= 4 is 28.4 Å². The molecule has 1 aliphatic rings. The van der Waals surface area contributed by atoms with Gasteiger partial charge in [0.05, 0.1) is 23.9 Å². The molecule has 7 heteroatoms. The number of nitrogens with two attached hydrogens (primary N) is 1. The molecule has 6 nitrogen and oxygen atoms in total. The number of primary amides is 1. The van der Waals surface area contributed by atoms with Crippen LogP contribution in [0.25, 0.3) is 22.0 Å². The number of aromatic amines is 1. The van der Waals surface area contributed by atoms with E-state index in [0.29, 0.717) is 11.4 Å². The van der Waals surface area contributed by atoms with Crippen molar-refractivity contribution < 1.29 is 9.90 Å². The molecule has 1 amide bonds. The Labute approximate surface area is 168 Å². The second-order valence-corrected chi connectivity index (χ2v) is 7.87. The molecule has 1 aliphatic heterocycles. The van der Waals surface area contributed by atoms with E-state index in [2.05, 4.69) is 28.2 Å². The molecule has 4 rings (SSSR count). The van der Waals surface area contributed by atoms with Gasteiger partial charge in [-0.15, -0.1) is 0 Å². The van der Waals surface area contributed by atoms with Gasteiger partial charge in [0.2, 0.25) is 5.91 Å². The molecule has 0 radical (unpaired) electrons. The second-order valence-electron chi connectivity index (χ2n) is 7.46. The van der Waals surface area contributed by atoms with E-state index in [0.717, 1.165) is 46.3 Å². The fourth-order valence-electron chi connectivity index (χ4n) is 4.02. The lowest BCUT2D eigenvalue weighted by atomic mass is 9.88. The Morgan fingerprint density at radius 3 is 2.93 bits per heavy atom. The van der Waals surface area contributed by atoms with Gasteiger partial charge in [-0.25, -0.2) is 0 Å². The topological polar surface area (TPSA) is 95.2 Å². The van der Waals surface area contributed by atoms with E-state index in [1.165, 1.54) is 0 Å². The van der Waals surface area contributed by atoms with Crippen molar-refractivity contribution in [1.29, 1.82) is 0 Å². The predicted octanol–water partition coefficient (Wildman–Crippen LogP) is 3.24. The number of halogens is 1. The molecule has 2 atom stereocenters. The first-order chi connectivity index (χ1) is 13.5. The highest BCUT2D eigenvalue weighted by Gasteiger charge is 2.32. The molecule has 2 unspecified atom stereocenters. The van der Waals surface area contributed by atoms with Crippen LogP contribution >= 0.6 is 11.6 Å². The number of carbonyl (C=O) groups excluding carboxylic acids is 1. The fraction of sp³-hybridized carbons (Fsp3) is 0.333. The first-order valence-corrected chi connectivity index (χ1v) is 9.73. The van der Waals surface area contributed by atoms with E-state index >= 15 is 0 Å². The van der Waals surface area contributed by atoms with E-state index < -0.39 is 0 Å². The van der Waals surface area contributed by atoms with E-state index in [9.17, 15) is 9.90 Å². The third-order valence-electron chi connectivity index (χ3n) is 5.71. The first-order valence-electron chi connectivity index (χ1n) is 9.35. The number of rotatable bonds is 4. The summed E-state index contributed by atoms with van der Waals surface area (Å²) in [7, 11) is 2.06. The largest absolute Gasteiger partial charge is 0.392 e. The van der Waals surface area contributed by atoms with Crippen molar-refractivity contribution in [1.82, 2.24) is 15.1 Å². The zero-order valence-corrected chi connectivity index (χ0v) is 16.4. The van der Waals surface area contributed by atoms with Crippen LogP contribution in [-0.4, -0.2) is 39.7 Å². The Hall–Kier alpha value is -2.41. The minimum Gasteiger partial charge on any atom is -0.392 e. The van der Waals surface area contributed by atoms with Gasteiger partial charge < -0.3 is 10.8 Å². The lowest BCUT2D eigenvalue weighted by molar-refractivity contribution is -0.123. The monoisotopic (exact) mass is 398 g/mol. The normalized spacial score (nSPS) is 20.5. The number of piperidine rings is 1. The van der Waals surface area contributed by atoms with E-state index in [-0.39, 0.29) is 24.5 Å². The van der Waals surface area contributed by atoms with Crippen LogP contribution in [0.4, 0.5) is 0 Å². The summed E-state index contributed by atoms with van der Waals surface area (Å²) in [6, 6.07) is 11.6. The van der Waals surface area contributed by atoms with E-state index in [1.807, 2.05) is 24.3 Å². The molecule has 2 heterocycles. The van der Waals surface area contributed by atoms with Gasteiger partial charge in [0.1, 0.15) is 0 Å². The van der Waals surface area contributed by atoms with Crippen LogP contribution in [-0.2, 0) is 11.4 Å². The van der Waals surface area contributed by atoms with Gasteiger partial charge in [0.25, 0.3) is 0 Å². The Kier molecular flexibility index (Phi) is 5.10. The standard InChI is InChI=1S/C21H23ClN4O2/c1-26-7-6-14(21(23)28)10-19(26)20-16-9-13(3-5-18(16)24-25-20)15-8-12(11-27)2-4-17(15)22/h2-5,8-9,14,19,27H,6-7,10-11H2,1H3,(H2,23,28)(H,24,25). The maximum absolute atomic E-state index is 11.7. The zero-order chi connectivity index (χ0) is 19.8. The lowest BCUT2D eigenvalue weighted by Crippen LogP contribution is -2.39. The first kappa shape index (κ1) is 18.9. The molecule has 0 bridgehead atoms. The summed E-state index contributed by atoms with van der Waals surface area (Å²) in [5.74, 6) is -0.367. The molecule has 28 heavy (non-hydrogen) atoms. The molecule has 2 aromatic carbocycles. The highest BCUT2D eigenvalue weighted by atomic mass is 35.5. The summed E-state index contributed by atoms with van der Waals surface area (Å²) in [5, 5.41) is 18.7. The van der Waals surface area contributed by atoms with Crippen LogP contribution < -0.4 is 5.73 Å². The maximum atomic E-state index is 11.7. The molecule has 3 aromatic rings. The van der Waals surface area contributed by atoms with E-state index in [1.54, 1.807) is 6.07 Å². The van der Waals surface area contributed by atoms with Gasteiger partial charge >= 0.3 is 0 Å². The number of hydrogen-bond donors (Lipinski definition) is 3. The molecule has 146 valence electrons. The summed E-state index contributed by atoms with van der Waals surface area (Å²) in [6.45, 7) is 0.771. The summed E-state index contributed by atoms with van der Waals surface area (Å²) < 4.78 is 0. The Morgan fingerprint density at radius 1 is 1.36 bits per heavy atom. The molecular formula is C21H23ClN4O2. The van der Waals surface area contributed by atoms with Gasteiger partial charge in [-0.3, -0.25) is 14.8 Å². The summed E-state index contributed by atoms with van der Waals surface area (Å²) >= 11 is 6.41. The van der Waals surface area contributed by atoms with Crippen LogP contribution in [0.15, 0.2) is 36.4 Å². The number of likely N-dealkylation sites (tertiary alicyclic amines) is 1. The van der Waals surface area contributed by atoms with Crippen molar-refractivity contribution in [3.8, 4) is 11.1 Å². The highest BCUT2D eigenvalue weighted by Crippen LogP contribution is 2.37. The lowest BCUT2D eigenvalue weighted by Gasteiger charge is -2.35. The minimum atomic E-state index is -0.241. The molecule has 0 spiro atoms. The Bertz CT molecular complexity index is 1030. The number of aliphatic hydroxyl groups excluding tert-OH is 1. The van der Waals surface area contributed by atoms with Crippen LogP contribution in [0.5, 0.6) is 0 Å². The number of aromatic nitrogens is 2. The summed E-state index contributed by atoms with van der Waals surface area (Å²) in [5.41, 5.74) is 10.1. The predicted molar refractivity (Wildman–Crippen MR) is 110 cm³/mol. The summed E-state index contributed by atoms with van der Waals surface area (Å²) in [4.78, 5) is 14.0. The highest BCUT2D eigenvalue weighted by molar-refractivity contribution is 6.33. The number of nitrogens with one attached hydrogen (secondary N) is 1. The van der Waals surface area contributed by atoms with E-state index in [4.69, 9.17) is 17.3 Å². The molecular weight excluding hydrogens is 376 g/mol. The Balaban J connectivity index is 1.78. The number of amides is 1. The number of fused-ring (bicyclic) bond motifs is 1. The fourth-order valence-corrected chi connectivity index (χ4v) is 4.25. The number of hydrogen-bond acceptors (Lipinski definition) is 4. The van der Waals surface area contributed by atoms with Crippen LogP contribution in [0, 0.1) is 5.92 Å². The average molecular weight is 399 g/mol. The molecule has 1 saturated heterocycles. The number of nitrogens with zero attached hydrogens (tertiary/aromatic N) is 2. The third kappa shape index (κ3) is 3.39. The zero-order valence-electron chi connectivity index (χ0n) is 15.7. The Morgan fingerprint density at radius 2 is 2.18 bits per heavy atom. The van der Waals surface area contributed by atoms with Crippen molar-refractivity contribution in [3.63, 3.8) is 0 Å². The van der Waals surface area contributed by atoms with Gasteiger partial charge in [-0.1, -0.05) is 23.7 Å². The molecule has 1 fully saturated rings. The van der Waals surface area contributed by atoms with Crippen LogP contribution in [0.3, 0.4) is 0 Å². The molecule has 0 aliphatic carbocycles. The number of H-pyrrole nitrogens is 1. The van der Waals surface area contributed by atoms with Gasteiger partial charge in [0, 0.05) is 21.9 Å². The quantitative estimate of drug-likeness (QED) is 0.628.